The van der Waals surface area contributed by atoms with Crippen molar-refractivity contribution in [1.29, 1.82) is 0 Å². The Balaban J connectivity index is 2.58. The lowest BCUT2D eigenvalue weighted by atomic mass is 10.00. The van der Waals surface area contributed by atoms with Crippen molar-refractivity contribution in [3.05, 3.63) is 41.1 Å². The van der Waals surface area contributed by atoms with E-state index >= 15 is 0 Å². The van der Waals surface area contributed by atoms with Gasteiger partial charge in [0, 0.05) is 18.3 Å². The summed E-state index contributed by atoms with van der Waals surface area (Å²) in [4.78, 5) is 11.7. The summed E-state index contributed by atoms with van der Waals surface area (Å²) < 4.78 is 2.00. The van der Waals surface area contributed by atoms with E-state index in [2.05, 4.69) is 38.1 Å². The molecule has 1 heterocycles. The third-order valence-electron chi connectivity index (χ3n) is 3.93. The van der Waals surface area contributed by atoms with Crippen molar-refractivity contribution in [2.45, 2.75) is 33.6 Å². The zero-order chi connectivity index (χ0) is 15.0. The van der Waals surface area contributed by atoms with Crippen molar-refractivity contribution in [2.75, 3.05) is 5.73 Å². The van der Waals surface area contributed by atoms with Crippen molar-refractivity contribution in [3.63, 3.8) is 0 Å². The van der Waals surface area contributed by atoms with Crippen LogP contribution in [0.4, 0.5) is 5.69 Å². The molecule has 2 aromatic rings. The smallest absolute Gasteiger partial charge is 0.163 e. The number of benzene rings is 1. The molecule has 3 nitrogen and oxygen atoms in total. The minimum atomic E-state index is 0.0145. The Bertz CT molecular complexity index is 649. The average molecular weight is 270 g/mol. The van der Waals surface area contributed by atoms with Crippen LogP contribution in [0.25, 0.3) is 11.3 Å². The topological polar surface area (TPSA) is 48.0 Å². The summed E-state index contributed by atoms with van der Waals surface area (Å²) in [5.74, 6) is 0.518. The minimum absolute atomic E-state index is 0.0145. The number of aromatic nitrogens is 1. The molecule has 0 amide bonds. The molecule has 20 heavy (non-hydrogen) atoms. The lowest BCUT2D eigenvalue weighted by Crippen LogP contribution is -1.98. The highest BCUT2D eigenvalue weighted by molar-refractivity contribution is 6.04. The molecule has 0 aliphatic carbocycles. The van der Waals surface area contributed by atoms with Crippen molar-refractivity contribution < 1.29 is 4.79 Å². The SMILES string of the molecule is CC(=O)c1c(N)c(-c2ccc(C(C)C)cc2)n(C)c1C. The highest BCUT2D eigenvalue weighted by atomic mass is 16.1. The highest BCUT2D eigenvalue weighted by Crippen LogP contribution is 2.33. The Labute approximate surface area is 120 Å². The second kappa shape index (κ2) is 5.16. The minimum Gasteiger partial charge on any atom is -0.396 e. The Kier molecular flexibility index (Phi) is 3.71. The summed E-state index contributed by atoms with van der Waals surface area (Å²) >= 11 is 0. The van der Waals surface area contributed by atoms with Crippen LogP contribution in [0.15, 0.2) is 24.3 Å². The first-order chi connectivity index (χ1) is 9.34. The fourth-order valence-electron chi connectivity index (χ4n) is 2.65. The van der Waals surface area contributed by atoms with Gasteiger partial charge in [0.05, 0.1) is 16.9 Å². The van der Waals surface area contributed by atoms with E-state index in [4.69, 9.17) is 5.73 Å². The van der Waals surface area contributed by atoms with Crippen LogP contribution >= 0.6 is 0 Å². The Morgan fingerprint density at radius 1 is 1.20 bits per heavy atom. The van der Waals surface area contributed by atoms with Gasteiger partial charge >= 0.3 is 0 Å². The van der Waals surface area contributed by atoms with Crippen LogP contribution in [0, 0.1) is 6.92 Å². The van der Waals surface area contributed by atoms with Gasteiger partial charge < -0.3 is 10.3 Å². The monoisotopic (exact) mass is 270 g/mol. The van der Waals surface area contributed by atoms with Crippen molar-refractivity contribution in [1.82, 2.24) is 4.57 Å². The zero-order valence-electron chi connectivity index (χ0n) is 12.8. The maximum Gasteiger partial charge on any atom is 0.163 e. The fourth-order valence-corrected chi connectivity index (χ4v) is 2.65. The quantitative estimate of drug-likeness (QED) is 0.860. The summed E-state index contributed by atoms with van der Waals surface area (Å²) in [5.41, 5.74) is 11.6. The van der Waals surface area contributed by atoms with Gasteiger partial charge in [-0.05, 0) is 25.3 Å². The molecule has 2 rings (SSSR count). The standard InChI is InChI=1S/C17H22N2O/c1-10(2)13-6-8-14(9-7-13)17-16(18)15(12(4)20)11(3)19(17)5/h6-10H,18H2,1-5H3. The lowest BCUT2D eigenvalue weighted by Gasteiger charge is -2.09. The van der Waals surface area contributed by atoms with Crippen molar-refractivity contribution >= 4 is 11.5 Å². The Morgan fingerprint density at radius 3 is 2.15 bits per heavy atom. The molecular weight excluding hydrogens is 248 g/mol. The zero-order valence-corrected chi connectivity index (χ0v) is 12.8. The first-order valence-corrected chi connectivity index (χ1v) is 6.90. The van der Waals surface area contributed by atoms with E-state index in [0.29, 0.717) is 17.2 Å². The Hall–Kier alpha value is -2.03. The van der Waals surface area contributed by atoms with Crippen LogP contribution in [-0.4, -0.2) is 10.4 Å². The molecule has 0 aliphatic rings. The molecule has 106 valence electrons. The van der Waals surface area contributed by atoms with Gasteiger partial charge in [-0.2, -0.15) is 0 Å². The second-order valence-electron chi connectivity index (χ2n) is 5.61. The summed E-state index contributed by atoms with van der Waals surface area (Å²) in [6.45, 7) is 7.83. The van der Waals surface area contributed by atoms with E-state index in [9.17, 15) is 4.79 Å². The maximum absolute atomic E-state index is 11.7. The van der Waals surface area contributed by atoms with Crippen LogP contribution in [0.2, 0.25) is 0 Å². The molecule has 0 saturated heterocycles. The summed E-state index contributed by atoms with van der Waals surface area (Å²) in [6.07, 6.45) is 0. The summed E-state index contributed by atoms with van der Waals surface area (Å²) in [5, 5.41) is 0. The number of nitrogens with two attached hydrogens (primary N) is 1. The van der Waals surface area contributed by atoms with Crippen LogP contribution in [0.3, 0.4) is 0 Å². The van der Waals surface area contributed by atoms with Gasteiger partial charge in [-0.3, -0.25) is 4.79 Å². The van der Waals surface area contributed by atoms with Gasteiger partial charge in [-0.25, -0.2) is 0 Å². The Morgan fingerprint density at radius 2 is 1.75 bits per heavy atom. The van der Waals surface area contributed by atoms with Crippen molar-refractivity contribution in [2.24, 2.45) is 7.05 Å². The number of hydrogen-bond acceptors (Lipinski definition) is 2. The predicted molar refractivity (Wildman–Crippen MR) is 84.1 cm³/mol. The first kappa shape index (κ1) is 14.4. The molecule has 0 aliphatic heterocycles. The average Bonchev–Trinajstić information content (AvgIpc) is 2.60. The molecule has 0 atom stereocenters. The van der Waals surface area contributed by atoms with E-state index in [1.54, 1.807) is 6.92 Å². The normalized spacial score (nSPS) is 11.1. The third kappa shape index (κ3) is 2.24. The maximum atomic E-state index is 11.7. The second-order valence-corrected chi connectivity index (χ2v) is 5.61. The number of anilines is 1. The number of carbonyl (C=O) groups excluding carboxylic acids is 1. The number of nitrogens with zero attached hydrogens (tertiary/aromatic N) is 1. The molecule has 0 radical (unpaired) electrons. The predicted octanol–water partition coefficient (Wildman–Crippen LogP) is 3.91. The summed E-state index contributed by atoms with van der Waals surface area (Å²) in [7, 11) is 1.95. The molecule has 2 N–H and O–H groups in total. The molecule has 0 bridgehead atoms. The van der Waals surface area contributed by atoms with E-state index in [-0.39, 0.29) is 5.78 Å². The fraction of sp³-hybridized carbons (Fsp3) is 0.353. The van der Waals surface area contributed by atoms with Gasteiger partial charge in [0.25, 0.3) is 0 Å². The van der Waals surface area contributed by atoms with Gasteiger partial charge in [-0.15, -0.1) is 0 Å². The molecule has 3 heteroatoms. The number of ketones is 1. The molecule has 1 aromatic heterocycles. The first-order valence-electron chi connectivity index (χ1n) is 6.90. The molecule has 0 unspecified atom stereocenters. The van der Waals surface area contributed by atoms with E-state index < -0.39 is 0 Å². The van der Waals surface area contributed by atoms with Gasteiger partial charge in [0.1, 0.15) is 0 Å². The highest BCUT2D eigenvalue weighted by Gasteiger charge is 2.20. The van der Waals surface area contributed by atoms with E-state index in [0.717, 1.165) is 17.0 Å². The molecule has 0 fully saturated rings. The molecule has 1 aromatic carbocycles. The number of hydrogen-bond donors (Lipinski definition) is 1. The van der Waals surface area contributed by atoms with Crippen LogP contribution < -0.4 is 5.73 Å². The molecular formula is C17H22N2O. The largest absolute Gasteiger partial charge is 0.396 e. The van der Waals surface area contributed by atoms with E-state index in [1.807, 2.05) is 18.5 Å². The third-order valence-corrected chi connectivity index (χ3v) is 3.93. The number of carbonyl (C=O) groups is 1. The number of nitrogen functional groups attached to an aromatic ring is 1. The van der Waals surface area contributed by atoms with Gasteiger partial charge in [-0.1, -0.05) is 38.1 Å². The number of Topliss-reactive ketones (excluding diaryl/α,β-unsaturated/α-hetero) is 1. The summed E-state index contributed by atoms with van der Waals surface area (Å²) in [6, 6.07) is 8.39. The lowest BCUT2D eigenvalue weighted by molar-refractivity contribution is 0.101. The molecule has 0 spiro atoms. The van der Waals surface area contributed by atoms with Crippen LogP contribution in [-0.2, 0) is 7.05 Å². The number of rotatable bonds is 3. The van der Waals surface area contributed by atoms with Gasteiger partial charge in [0.15, 0.2) is 5.78 Å². The molecule has 0 saturated carbocycles. The van der Waals surface area contributed by atoms with Crippen LogP contribution in [0.1, 0.15) is 48.3 Å². The van der Waals surface area contributed by atoms with Crippen LogP contribution in [0.5, 0.6) is 0 Å². The van der Waals surface area contributed by atoms with Gasteiger partial charge in [0.2, 0.25) is 0 Å². The van der Waals surface area contributed by atoms with E-state index in [1.165, 1.54) is 5.56 Å². The van der Waals surface area contributed by atoms with Crippen molar-refractivity contribution in [3.8, 4) is 11.3 Å².